The third-order valence-electron chi connectivity index (χ3n) is 4.68. The molecule has 0 unspecified atom stereocenters. The molecule has 0 bridgehead atoms. The fourth-order valence-electron chi connectivity index (χ4n) is 3.79. The van der Waals surface area contributed by atoms with E-state index in [1.165, 1.54) is 24.8 Å². The second-order valence-electron chi connectivity index (χ2n) is 5.67. The first-order valence-corrected chi connectivity index (χ1v) is 6.90. The molecule has 92 valence electrons. The topological polar surface area (TPSA) is 36.8 Å². The summed E-state index contributed by atoms with van der Waals surface area (Å²) in [5.41, 5.74) is 1.01. The molecule has 1 aliphatic carbocycles. The number of piperidine rings is 1. The van der Waals surface area contributed by atoms with Gasteiger partial charge in [0.25, 0.3) is 0 Å². The molecule has 0 amide bonds. The quantitative estimate of drug-likeness (QED) is 0.758. The molecular weight excluding hydrogens is 210 g/mol. The Morgan fingerprint density at radius 3 is 2.76 bits per heavy atom. The first-order valence-electron chi connectivity index (χ1n) is 6.90. The molecule has 0 aromatic heterocycles. The van der Waals surface area contributed by atoms with Crippen molar-refractivity contribution < 1.29 is 10.4 Å². The van der Waals surface area contributed by atoms with Gasteiger partial charge in [-0.1, -0.05) is 43.2 Å². The summed E-state index contributed by atoms with van der Waals surface area (Å²) in [7, 11) is 0. The monoisotopic (exact) mass is 232 g/mol. The molecule has 2 aliphatic rings. The summed E-state index contributed by atoms with van der Waals surface area (Å²) >= 11 is 0. The molecule has 17 heavy (non-hydrogen) atoms. The third-order valence-corrected chi connectivity index (χ3v) is 4.68. The minimum absolute atomic E-state index is 0.381. The van der Waals surface area contributed by atoms with Gasteiger partial charge in [0, 0.05) is 17.9 Å². The largest absolute Gasteiger partial charge is 0.389 e. The number of rotatable bonds is 1. The van der Waals surface area contributed by atoms with Gasteiger partial charge in [-0.3, -0.25) is 0 Å². The zero-order chi connectivity index (χ0) is 11.7. The van der Waals surface area contributed by atoms with Crippen LogP contribution in [-0.2, 0) is 0 Å². The first kappa shape index (κ1) is 11.2. The Morgan fingerprint density at radius 1 is 1.12 bits per heavy atom. The lowest BCUT2D eigenvalue weighted by Crippen LogP contribution is -2.91. The standard InChI is InChI=1S/C15H21NO/c17-15-9-5-4-8-13(15)14(16-11-10-15)12-6-2-1-3-7-12/h1-3,6-7,13-14,16-17H,4-5,8-11H2/p+1/t13-,14-,15+/m1/s1. The molecule has 3 rings (SSSR count). The Hall–Kier alpha value is -0.860. The highest BCUT2D eigenvalue weighted by molar-refractivity contribution is 5.19. The van der Waals surface area contributed by atoms with E-state index in [-0.39, 0.29) is 5.60 Å². The SMILES string of the molecule is O[C@]12CCCC[C@@H]1[C@@H](c1ccccc1)[NH2+]CC2. The Balaban J connectivity index is 1.89. The van der Waals surface area contributed by atoms with Gasteiger partial charge in [-0.25, -0.2) is 0 Å². The summed E-state index contributed by atoms with van der Waals surface area (Å²) in [5, 5.41) is 13.2. The van der Waals surface area contributed by atoms with Gasteiger partial charge in [0.05, 0.1) is 12.1 Å². The summed E-state index contributed by atoms with van der Waals surface area (Å²) in [4.78, 5) is 0. The van der Waals surface area contributed by atoms with Gasteiger partial charge in [-0.15, -0.1) is 0 Å². The summed E-state index contributed by atoms with van der Waals surface area (Å²) in [6, 6.07) is 11.2. The Bertz CT molecular complexity index is 374. The van der Waals surface area contributed by atoms with Crippen molar-refractivity contribution >= 4 is 0 Å². The zero-order valence-electron chi connectivity index (χ0n) is 10.3. The number of fused-ring (bicyclic) bond motifs is 1. The Labute approximate surface area is 103 Å². The van der Waals surface area contributed by atoms with Crippen LogP contribution in [0.25, 0.3) is 0 Å². The molecule has 0 spiro atoms. The van der Waals surface area contributed by atoms with E-state index in [9.17, 15) is 5.11 Å². The van der Waals surface area contributed by atoms with Crippen LogP contribution in [0.2, 0.25) is 0 Å². The average molecular weight is 232 g/mol. The highest BCUT2D eigenvalue weighted by Crippen LogP contribution is 2.43. The van der Waals surface area contributed by atoms with Gasteiger partial charge < -0.3 is 10.4 Å². The second-order valence-corrected chi connectivity index (χ2v) is 5.67. The van der Waals surface area contributed by atoms with E-state index in [0.717, 1.165) is 19.4 Å². The van der Waals surface area contributed by atoms with Crippen molar-refractivity contribution in [2.75, 3.05) is 6.54 Å². The van der Waals surface area contributed by atoms with E-state index in [0.29, 0.717) is 12.0 Å². The molecule has 2 fully saturated rings. The molecule has 2 heteroatoms. The maximum Gasteiger partial charge on any atom is 0.117 e. The van der Waals surface area contributed by atoms with E-state index in [1.54, 1.807) is 0 Å². The minimum atomic E-state index is -0.381. The Kier molecular flexibility index (Phi) is 2.93. The molecule has 1 saturated heterocycles. The zero-order valence-corrected chi connectivity index (χ0v) is 10.3. The van der Waals surface area contributed by atoms with E-state index >= 15 is 0 Å². The van der Waals surface area contributed by atoms with Crippen molar-refractivity contribution in [2.45, 2.75) is 43.7 Å². The van der Waals surface area contributed by atoms with Crippen molar-refractivity contribution in [2.24, 2.45) is 5.92 Å². The van der Waals surface area contributed by atoms with Crippen LogP contribution in [0.5, 0.6) is 0 Å². The van der Waals surface area contributed by atoms with Crippen molar-refractivity contribution in [3.63, 3.8) is 0 Å². The van der Waals surface area contributed by atoms with Crippen molar-refractivity contribution in [1.82, 2.24) is 0 Å². The number of benzene rings is 1. The van der Waals surface area contributed by atoms with Gasteiger partial charge in [0.1, 0.15) is 6.04 Å². The predicted octanol–water partition coefficient (Wildman–Crippen LogP) is 1.62. The van der Waals surface area contributed by atoms with Crippen LogP contribution in [0.4, 0.5) is 0 Å². The molecule has 1 heterocycles. The summed E-state index contributed by atoms with van der Waals surface area (Å²) < 4.78 is 0. The smallest absolute Gasteiger partial charge is 0.117 e. The van der Waals surface area contributed by atoms with E-state index < -0.39 is 0 Å². The fraction of sp³-hybridized carbons (Fsp3) is 0.600. The number of hydrogen-bond donors (Lipinski definition) is 2. The van der Waals surface area contributed by atoms with Gasteiger partial charge in [-0.2, -0.15) is 0 Å². The van der Waals surface area contributed by atoms with Crippen molar-refractivity contribution in [1.29, 1.82) is 0 Å². The van der Waals surface area contributed by atoms with E-state index in [1.807, 2.05) is 0 Å². The molecule has 1 aliphatic heterocycles. The highest BCUT2D eigenvalue weighted by atomic mass is 16.3. The number of nitrogens with two attached hydrogens (primary N) is 1. The number of hydrogen-bond acceptors (Lipinski definition) is 1. The van der Waals surface area contributed by atoms with Crippen LogP contribution in [0, 0.1) is 5.92 Å². The predicted molar refractivity (Wildman–Crippen MR) is 67.5 cm³/mol. The number of aliphatic hydroxyl groups is 1. The molecular formula is C15H22NO+. The first-order chi connectivity index (χ1) is 8.30. The molecule has 3 atom stereocenters. The third kappa shape index (κ3) is 2.00. The van der Waals surface area contributed by atoms with Crippen LogP contribution in [0.1, 0.15) is 43.7 Å². The second kappa shape index (κ2) is 4.43. The normalized spacial score (nSPS) is 37.5. The van der Waals surface area contributed by atoms with Crippen LogP contribution in [0.3, 0.4) is 0 Å². The lowest BCUT2D eigenvalue weighted by molar-refractivity contribution is -0.719. The van der Waals surface area contributed by atoms with Crippen LogP contribution in [0.15, 0.2) is 30.3 Å². The lowest BCUT2D eigenvalue weighted by atomic mass is 9.67. The van der Waals surface area contributed by atoms with Gasteiger partial charge in [-0.05, 0) is 12.8 Å². The maximum absolute atomic E-state index is 10.8. The van der Waals surface area contributed by atoms with Gasteiger partial charge in [0.15, 0.2) is 0 Å². The van der Waals surface area contributed by atoms with Crippen molar-refractivity contribution in [3.05, 3.63) is 35.9 Å². The molecule has 1 aromatic rings. The summed E-state index contributed by atoms with van der Waals surface area (Å²) in [6.07, 6.45) is 5.65. The molecule has 3 N–H and O–H groups in total. The molecule has 1 saturated carbocycles. The molecule has 0 radical (unpaired) electrons. The van der Waals surface area contributed by atoms with Crippen LogP contribution >= 0.6 is 0 Å². The maximum atomic E-state index is 10.8. The minimum Gasteiger partial charge on any atom is -0.389 e. The lowest BCUT2D eigenvalue weighted by Gasteiger charge is -2.46. The number of quaternary nitrogens is 1. The molecule has 2 nitrogen and oxygen atoms in total. The van der Waals surface area contributed by atoms with Crippen LogP contribution in [-0.4, -0.2) is 17.3 Å². The highest BCUT2D eigenvalue weighted by Gasteiger charge is 2.48. The molecule has 1 aromatic carbocycles. The van der Waals surface area contributed by atoms with Crippen LogP contribution < -0.4 is 5.32 Å². The average Bonchev–Trinajstić information content (AvgIpc) is 2.38. The van der Waals surface area contributed by atoms with Gasteiger partial charge >= 0.3 is 0 Å². The Morgan fingerprint density at radius 2 is 1.94 bits per heavy atom. The van der Waals surface area contributed by atoms with Gasteiger partial charge in [0.2, 0.25) is 0 Å². The summed E-state index contributed by atoms with van der Waals surface area (Å²) in [6.45, 7) is 1.06. The van der Waals surface area contributed by atoms with E-state index in [4.69, 9.17) is 0 Å². The van der Waals surface area contributed by atoms with Crippen molar-refractivity contribution in [3.8, 4) is 0 Å². The summed E-state index contributed by atoms with van der Waals surface area (Å²) in [5.74, 6) is 0.451. The fourth-order valence-corrected chi connectivity index (χ4v) is 3.79. The van der Waals surface area contributed by atoms with E-state index in [2.05, 4.69) is 35.6 Å².